The maximum absolute atomic E-state index is 12.4. The van der Waals surface area contributed by atoms with Crippen LogP contribution in [0.1, 0.15) is 58.4 Å². The van der Waals surface area contributed by atoms with Crippen molar-refractivity contribution in [2.75, 3.05) is 0 Å². The van der Waals surface area contributed by atoms with Crippen LogP contribution in [0.25, 0.3) is 21.7 Å². The Balaban J connectivity index is 2.11. The minimum absolute atomic E-state index is 0.0853. The number of halogens is 1. The summed E-state index contributed by atoms with van der Waals surface area (Å²) in [5.41, 5.74) is 1.02. The number of hydrogen-bond donors (Lipinski definition) is 1. The van der Waals surface area contributed by atoms with Crippen molar-refractivity contribution in [1.29, 1.82) is 0 Å². The molecular weight excluding hydrogens is 439 g/mol. The first kappa shape index (κ1) is 19.2. The number of phenolic OH excluding ortho intramolecular Hbond substituents is 1. The van der Waals surface area contributed by atoms with Crippen LogP contribution >= 0.6 is 22.6 Å². The van der Waals surface area contributed by atoms with E-state index in [1.54, 1.807) is 6.07 Å². The molecule has 138 valence electrons. The SMILES string of the molecule is CCCCCCC(C)(C)c1cc(O)c2c(c1)oc(=O)c1ccc(I)cc12. The van der Waals surface area contributed by atoms with E-state index in [-0.39, 0.29) is 16.8 Å². The topological polar surface area (TPSA) is 50.4 Å². The van der Waals surface area contributed by atoms with Crippen molar-refractivity contribution < 1.29 is 9.52 Å². The number of benzene rings is 2. The predicted octanol–water partition coefficient (Wildman–Crippen LogP) is 6.50. The van der Waals surface area contributed by atoms with Crippen LogP contribution in [0.4, 0.5) is 0 Å². The summed E-state index contributed by atoms with van der Waals surface area (Å²) in [4.78, 5) is 12.4. The third-order valence-electron chi connectivity index (χ3n) is 5.19. The second-order valence-electron chi connectivity index (χ2n) is 7.64. The van der Waals surface area contributed by atoms with Gasteiger partial charge in [-0.05, 0) is 70.3 Å². The van der Waals surface area contributed by atoms with Gasteiger partial charge >= 0.3 is 5.63 Å². The van der Waals surface area contributed by atoms with Crippen LogP contribution in [0.5, 0.6) is 5.75 Å². The molecule has 0 saturated heterocycles. The van der Waals surface area contributed by atoms with E-state index in [2.05, 4.69) is 43.4 Å². The molecule has 1 heterocycles. The lowest BCUT2D eigenvalue weighted by atomic mass is 9.79. The van der Waals surface area contributed by atoms with Gasteiger partial charge < -0.3 is 9.52 Å². The first-order chi connectivity index (χ1) is 12.3. The highest BCUT2D eigenvalue weighted by Gasteiger charge is 2.23. The number of fused-ring (bicyclic) bond motifs is 3. The van der Waals surface area contributed by atoms with Crippen molar-refractivity contribution >= 4 is 44.3 Å². The van der Waals surface area contributed by atoms with Crippen molar-refractivity contribution in [3.05, 3.63) is 49.9 Å². The highest BCUT2D eigenvalue weighted by Crippen LogP contribution is 2.38. The van der Waals surface area contributed by atoms with Crippen molar-refractivity contribution in [3.63, 3.8) is 0 Å². The zero-order valence-electron chi connectivity index (χ0n) is 15.6. The molecule has 0 aliphatic rings. The van der Waals surface area contributed by atoms with Crippen molar-refractivity contribution in [3.8, 4) is 5.75 Å². The number of hydrogen-bond acceptors (Lipinski definition) is 3. The molecule has 1 N–H and O–H groups in total. The largest absolute Gasteiger partial charge is 0.507 e. The predicted molar refractivity (Wildman–Crippen MR) is 116 cm³/mol. The summed E-state index contributed by atoms with van der Waals surface area (Å²) >= 11 is 2.21. The maximum atomic E-state index is 12.4. The molecule has 26 heavy (non-hydrogen) atoms. The quantitative estimate of drug-likeness (QED) is 0.196. The average molecular weight is 464 g/mol. The van der Waals surface area contributed by atoms with Gasteiger partial charge in [0, 0.05) is 8.96 Å². The Labute approximate surface area is 167 Å². The second kappa shape index (κ2) is 7.59. The van der Waals surface area contributed by atoms with Gasteiger partial charge in [0.25, 0.3) is 0 Å². The molecular formula is C22H25IO3. The lowest BCUT2D eigenvalue weighted by molar-refractivity contribution is 0.437. The fourth-order valence-electron chi connectivity index (χ4n) is 3.54. The van der Waals surface area contributed by atoms with Gasteiger partial charge in [0.15, 0.2) is 0 Å². The molecule has 0 atom stereocenters. The minimum Gasteiger partial charge on any atom is -0.507 e. The molecule has 2 aromatic carbocycles. The van der Waals surface area contributed by atoms with Crippen LogP contribution in [0, 0.1) is 3.57 Å². The summed E-state index contributed by atoms with van der Waals surface area (Å²) in [6.07, 6.45) is 5.87. The van der Waals surface area contributed by atoms with Crippen molar-refractivity contribution in [2.24, 2.45) is 0 Å². The van der Waals surface area contributed by atoms with Crippen LogP contribution in [0.2, 0.25) is 0 Å². The Morgan fingerprint density at radius 2 is 1.85 bits per heavy atom. The molecule has 1 aromatic heterocycles. The zero-order chi connectivity index (χ0) is 18.9. The molecule has 3 aromatic rings. The van der Waals surface area contributed by atoms with E-state index in [4.69, 9.17) is 4.42 Å². The van der Waals surface area contributed by atoms with Crippen molar-refractivity contribution in [2.45, 2.75) is 58.3 Å². The van der Waals surface area contributed by atoms with Crippen LogP contribution < -0.4 is 5.63 Å². The molecule has 0 radical (unpaired) electrons. The lowest BCUT2D eigenvalue weighted by Gasteiger charge is -2.26. The lowest BCUT2D eigenvalue weighted by Crippen LogP contribution is -2.17. The maximum Gasteiger partial charge on any atom is 0.344 e. The van der Waals surface area contributed by atoms with Gasteiger partial charge in [-0.2, -0.15) is 0 Å². The second-order valence-corrected chi connectivity index (χ2v) is 8.89. The molecule has 0 amide bonds. The number of phenols is 1. The smallest absolute Gasteiger partial charge is 0.344 e. The summed E-state index contributed by atoms with van der Waals surface area (Å²) in [6.45, 7) is 6.57. The Kier molecular flexibility index (Phi) is 5.61. The molecule has 0 saturated carbocycles. The fourth-order valence-corrected chi connectivity index (χ4v) is 4.03. The Morgan fingerprint density at radius 1 is 1.08 bits per heavy atom. The van der Waals surface area contributed by atoms with E-state index in [0.29, 0.717) is 16.4 Å². The molecule has 0 bridgehead atoms. The molecule has 3 rings (SSSR count). The molecule has 0 spiro atoms. The van der Waals surface area contributed by atoms with Gasteiger partial charge in [0.05, 0.1) is 10.8 Å². The average Bonchev–Trinajstić information content (AvgIpc) is 2.58. The van der Waals surface area contributed by atoms with E-state index in [1.165, 1.54) is 19.3 Å². The normalized spacial score (nSPS) is 12.2. The summed E-state index contributed by atoms with van der Waals surface area (Å²) in [5.74, 6) is 0.176. The van der Waals surface area contributed by atoms with Gasteiger partial charge in [0.2, 0.25) is 0 Å². The monoisotopic (exact) mass is 464 g/mol. The summed E-state index contributed by atoms with van der Waals surface area (Å²) in [7, 11) is 0. The van der Waals surface area contributed by atoms with Crippen LogP contribution in [-0.2, 0) is 5.41 Å². The van der Waals surface area contributed by atoms with Crippen LogP contribution in [-0.4, -0.2) is 5.11 Å². The first-order valence-electron chi connectivity index (χ1n) is 9.23. The fraction of sp³-hybridized carbons (Fsp3) is 0.409. The van der Waals surface area contributed by atoms with Gasteiger partial charge in [-0.3, -0.25) is 0 Å². The van der Waals surface area contributed by atoms with Crippen LogP contribution in [0.3, 0.4) is 0 Å². The summed E-state index contributed by atoms with van der Waals surface area (Å²) in [5, 5.41) is 12.6. The number of aromatic hydroxyl groups is 1. The highest BCUT2D eigenvalue weighted by atomic mass is 127. The van der Waals surface area contributed by atoms with Gasteiger partial charge in [-0.25, -0.2) is 4.79 Å². The Bertz CT molecular complexity index is 1000. The van der Waals surface area contributed by atoms with Crippen LogP contribution in [0.15, 0.2) is 39.5 Å². The third kappa shape index (κ3) is 3.75. The molecule has 0 unspecified atom stereocenters. The van der Waals surface area contributed by atoms with Crippen molar-refractivity contribution in [1.82, 2.24) is 0 Å². The number of rotatable bonds is 6. The van der Waals surface area contributed by atoms with E-state index in [9.17, 15) is 9.90 Å². The van der Waals surface area contributed by atoms with E-state index >= 15 is 0 Å². The highest BCUT2D eigenvalue weighted by molar-refractivity contribution is 14.1. The molecule has 0 aliphatic heterocycles. The first-order valence-corrected chi connectivity index (χ1v) is 10.3. The van der Waals surface area contributed by atoms with E-state index in [1.807, 2.05) is 24.3 Å². The van der Waals surface area contributed by atoms with Gasteiger partial charge in [0.1, 0.15) is 11.3 Å². The van der Waals surface area contributed by atoms with Gasteiger partial charge in [-0.15, -0.1) is 0 Å². The standard InChI is InChI=1S/C22H25IO3/c1-4-5-6-7-10-22(2,3)14-11-18(24)20-17-13-15(23)8-9-16(17)21(25)26-19(20)12-14/h8-9,11-13,24H,4-7,10H2,1-3H3. The van der Waals surface area contributed by atoms with Gasteiger partial charge in [-0.1, -0.05) is 46.5 Å². The summed E-state index contributed by atoms with van der Waals surface area (Å²) in [6, 6.07) is 9.31. The Morgan fingerprint density at radius 3 is 2.58 bits per heavy atom. The van der Waals surface area contributed by atoms with E-state index < -0.39 is 0 Å². The van der Waals surface area contributed by atoms with E-state index in [0.717, 1.165) is 27.4 Å². The number of unbranched alkanes of at least 4 members (excludes halogenated alkanes) is 3. The summed E-state index contributed by atoms with van der Waals surface area (Å²) < 4.78 is 6.57. The molecule has 0 aliphatic carbocycles. The zero-order valence-corrected chi connectivity index (χ0v) is 17.7. The molecule has 0 fully saturated rings. The Hall–Kier alpha value is -1.56. The molecule has 3 nitrogen and oxygen atoms in total. The molecule has 4 heteroatoms. The third-order valence-corrected chi connectivity index (χ3v) is 5.86. The minimum atomic E-state index is -0.360.